The normalized spacial score (nSPS) is 21.7. The molecule has 2 aliphatic heterocycles. The van der Waals surface area contributed by atoms with Gasteiger partial charge in [-0.05, 0) is 40.4 Å². The molecule has 2 fully saturated rings. The van der Waals surface area contributed by atoms with Crippen LogP contribution in [0.4, 0.5) is 4.79 Å². The largest absolute Gasteiger partial charge is 0.445 e. The molecule has 2 N–H and O–H groups in total. The number of aliphatic hydroxyl groups excluding tert-OH is 1. The van der Waals surface area contributed by atoms with Gasteiger partial charge in [0.2, 0.25) is 5.91 Å². The molecule has 52 heavy (non-hydrogen) atoms. The third kappa shape index (κ3) is 8.66. The van der Waals surface area contributed by atoms with Crippen LogP contribution < -0.4 is 5.32 Å². The van der Waals surface area contributed by atoms with E-state index in [0.29, 0.717) is 6.54 Å². The van der Waals surface area contributed by atoms with Gasteiger partial charge in [-0.25, -0.2) is 4.79 Å². The maximum absolute atomic E-state index is 13.3. The molecule has 0 saturated carbocycles. The molecule has 0 bridgehead atoms. The molecular formula is C42H45N3O7. The number of likely N-dealkylation sites (tertiary alicyclic amines) is 1. The smallest absolute Gasteiger partial charge is 0.408 e. The average Bonchev–Trinajstić information content (AvgIpc) is 3.42. The lowest BCUT2D eigenvalue weighted by molar-refractivity contribution is -0.275. The highest BCUT2D eigenvalue weighted by Crippen LogP contribution is 2.42. The number of ether oxygens (including phenoxy) is 3. The van der Waals surface area contributed by atoms with Gasteiger partial charge in [-0.15, -0.1) is 6.58 Å². The van der Waals surface area contributed by atoms with E-state index in [9.17, 15) is 19.5 Å². The topological polar surface area (TPSA) is 118 Å². The Morgan fingerprint density at radius 1 is 0.942 bits per heavy atom. The Labute approximate surface area is 304 Å². The number of benzene rings is 4. The summed E-state index contributed by atoms with van der Waals surface area (Å²) in [6.45, 7) is 7.54. The van der Waals surface area contributed by atoms with Gasteiger partial charge in [0, 0.05) is 24.6 Å². The number of hydrogen-bond acceptors (Lipinski definition) is 8. The number of likely N-dealkylation sites (N-methyl/N-ethyl adjacent to an activating group) is 1. The highest BCUT2D eigenvalue weighted by atomic mass is 16.7. The second kappa shape index (κ2) is 16.9. The summed E-state index contributed by atoms with van der Waals surface area (Å²) in [7, 11) is 2.04. The minimum atomic E-state index is -0.989. The van der Waals surface area contributed by atoms with E-state index in [1.54, 1.807) is 0 Å². The Bertz CT molecular complexity index is 1850. The summed E-state index contributed by atoms with van der Waals surface area (Å²) in [5.74, 6) is -0.778. The molecule has 3 amide bonds. The molecule has 10 nitrogen and oxygen atoms in total. The van der Waals surface area contributed by atoms with E-state index in [0.717, 1.165) is 45.5 Å². The average molecular weight is 704 g/mol. The molecule has 0 radical (unpaired) electrons. The molecular weight excluding hydrogens is 658 g/mol. The van der Waals surface area contributed by atoms with E-state index >= 15 is 0 Å². The van der Waals surface area contributed by atoms with E-state index in [-0.39, 0.29) is 50.2 Å². The first kappa shape index (κ1) is 36.7. The van der Waals surface area contributed by atoms with Crippen molar-refractivity contribution in [3.8, 4) is 11.1 Å². The monoisotopic (exact) mass is 703 g/mol. The molecule has 6 rings (SSSR count). The highest BCUT2D eigenvalue weighted by Gasteiger charge is 2.41. The number of hydrogen-bond donors (Lipinski definition) is 2. The van der Waals surface area contributed by atoms with Crippen LogP contribution in [0.1, 0.15) is 53.6 Å². The number of carbonyl (C=O) groups excluding carboxylic acids is 3. The van der Waals surface area contributed by atoms with Gasteiger partial charge in [0.1, 0.15) is 12.6 Å². The highest BCUT2D eigenvalue weighted by molar-refractivity contribution is 6.06. The van der Waals surface area contributed by atoms with Crippen LogP contribution in [-0.2, 0) is 43.6 Å². The third-order valence-corrected chi connectivity index (χ3v) is 9.64. The lowest BCUT2D eigenvalue weighted by Gasteiger charge is -2.42. The number of nitrogens with one attached hydrogen (secondary N) is 1. The van der Waals surface area contributed by atoms with Crippen molar-refractivity contribution in [2.75, 3.05) is 20.1 Å². The summed E-state index contributed by atoms with van der Waals surface area (Å²) < 4.78 is 18.5. The molecule has 0 spiro atoms. The Morgan fingerprint density at radius 2 is 1.63 bits per heavy atom. The Morgan fingerprint density at radius 3 is 2.35 bits per heavy atom. The van der Waals surface area contributed by atoms with Crippen molar-refractivity contribution in [1.29, 1.82) is 0 Å². The fourth-order valence-corrected chi connectivity index (χ4v) is 6.73. The van der Waals surface area contributed by atoms with Crippen LogP contribution in [0.25, 0.3) is 11.1 Å². The fourth-order valence-electron chi connectivity index (χ4n) is 6.73. The minimum Gasteiger partial charge on any atom is -0.445 e. The molecule has 1 unspecified atom stereocenters. The quantitative estimate of drug-likeness (QED) is 0.123. The van der Waals surface area contributed by atoms with Gasteiger partial charge in [-0.2, -0.15) is 0 Å². The molecule has 2 aliphatic rings. The number of carbonyl (C=O) groups is 3. The predicted molar refractivity (Wildman–Crippen MR) is 196 cm³/mol. The molecule has 10 heteroatoms. The summed E-state index contributed by atoms with van der Waals surface area (Å²) in [6.07, 6.45) is 0.0258. The van der Waals surface area contributed by atoms with Crippen LogP contribution >= 0.6 is 0 Å². The molecule has 2 saturated heterocycles. The Hall–Kier alpha value is -5.13. The summed E-state index contributed by atoms with van der Waals surface area (Å²) in [4.78, 5) is 42.1. The first-order chi connectivity index (χ1) is 25.2. The molecule has 2 heterocycles. The second-order valence-corrected chi connectivity index (χ2v) is 13.4. The molecule has 5 atom stereocenters. The van der Waals surface area contributed by atoms with Gasteiger partial charge in [0.25, 0.3) is 5.91 Å². The standard InChI is InChI=1S/C42H45N3O7/c1-4-22-44(3)25-37-28(2)39(32-16-14-29(26-46)15-17-32)52-41(51-37)33-20-18-31(19-21-33)35-13-9-8-12-34(35)24-45-38(47)23-36(40(45)48)43-42(49)50-27-30-10-6-5-7-11-30/h4-21,28,36-37,39,41,46H,1,22-27H2,2-3H3,(H,43,49)/t28-,36?,37+,39+,41+/m1/s1. The first-order valence-corrected chi connectivity index (χ1v) is 17.5. The summed E-state index contributed by atoms with van der Waals surface area (Å²) in [5, 5.41) is 12.1. The number of imide groups is 1. The number of amides is 3. The van der Waals surface area contributed by atoms with E-state index in [1.807, 2.05) is 116 Å². The molecule has 4 aromatic carbocycles. The SMILES string of the molecule is C=CCN(C)C[C@@H]1O[C@H](c2ccc(-c3ccccc3CN3C(=O)CC(NC(=O)OCc4ccccc4)C3=O)cc2)O[C@H](c2ccc(CO)cc2)[C@@H]1C. The van der Waals surface area contributed by atoms with Gasteiger partial charge in [-0.3, -0.25) is 14.5 Å². The van der Waals surface area contributed by atoms with Crippen molar-refractivity contribution in [2.45, 2.75) is 57.6 Å². The zero-order valence-electron chi connectivity index (χ0n) is 29.5. The summed E-state index contributed by atoms with van der Waals surface area (Å²) >= 11 is 0. The number of alkyl carbamates (subject to hydrolysis) is 1. The van der Waals surface area contributed by atoms with Crippen LogP contribution in [0.2, 0.25) is 0 Å². The second-order valence-electron chi connectivity index (χ2n) is 13.4. The Kier molecular flexibility index (Phi) is 11.9. The van der Waals surface area contributed by atoms with Crippen molar-refractivity contribution in [3.63, 3.8) is 0 Å². The molecule has 270 valence electrons. The molecule has 4 aromatic rings. The first-order valence-electron chi connectivity index (χ1n) is 17.5. The number of rotatable bonds is 13. The summed E-state index contributed by atoms with van der Waals surface area (Å²) in [6, 6.07) is 31.7. The van der Waals surface area contributed by atoms with Gasteiger partial charge in [-0.1, -0.05) is 116 Å². The van der Waals surface area contributed by atoms with E-state index < -0.39 is 24.3 Å². The van der Waals surface area contributed by atoms with Gasteiger partial charge < -0.3 is 29.5 Å². The predicted octanol–water partition coefficient (Wildman–Crippen LogP) is 6.31. The number of nitrogens with zero attached hydrogens (tertiary/aromatic N) is 2. The van der Waals surface area contributed by atoms with Crippen LogP contribution in [0.15, 0.2) is 116 Å². The third-order valence-electron chi connectivity index (χ3n) is 9.64. The van der Waals surface area contributed by atoms with Crippen molar-refractivity contribution in [2.24, 2.45) is 5.92 Å². The van der Waals surface area contributed by atoms with Crippen molar-refractivity contribution in [3.05, 3.63) is 144 Å². The van der Waals surface area contributed by atoms with Crippen LogP contribution in [-0.4, -0.2) is 65.1 Å². The lowest BCUT2D eigenvalue weighted by Crippen LogP contribution is -2.43. The van der Waals surface area contributed by atoms with Gasteiger partial charge in [0.15, 0.2) is 6.29 Å². The van der Waals surface area contributed by atoms with Crippen LogP contribution in [0, 0.1) is 5.92 Å². The maximum atomic E-state index is 13.3. The molecule has 0 aliphatic carbocycles. The molecule has 0 aromatic heterocycles. The summed E-state index contributed by atoms with van der Waals surface area (Å²) in [5.41, 5.74) is 6.11. The Balaban J connectivity index is 1.15. The van der Waals surface area contributed by atoms with E-state index in [1.165, 1.54) is 4.90 Å². The van der Waals surface area contributed by atoms with Gasteiger partial charge in [0.05, 0.1) is 31.8 Å². The zero-order valence-corrected chi connectivity index (χ0v) is 29.5. The number of aliphatic hydroxyl groups is 1. The van der Waals surface area contributed by atoms with Crippen molar-refractivity contribution >= 4 is 17.9 Å². The van der Waals surface area contributed by atoms with Gasteiger partial charge >= 0.3 is 6.09 Å². The van der Waals surface area contributed by atoms with Crippen LogP contribution in [0.5, 0.6) is 0 Å². The van der Waals surface area contributed by atoms with Crippen molar-refractivity contribution < 1.29 is 33.7 Å². The van der Waals surface area contributed by atoms with E-state index in [2.05, 4.69) is 23.7 Å². The van der Waals surface area contributed by atoms with Crippen LogP contribution in [0.3, 0.4) is 0 Å². The maximum Gasteiger partial charge on any atom is 0.408 e. The van der Waals surface area contributed by atoms with Crippen molar-refractivity contribution in [1.82, 2.24) is 15.1 Å². The lowest BCUT2D eigenvalue weighted by atomic mass is 9.90. The van der Waals surface area contributed by atoms with E-state index in [4.69, 9.17) is 14.2 Å². The fraction of sp³-hybridized carbons (Fsp3) is 0.310. The minimum absolute atomic E-state index is 0.0219. The zero-order chi connectivity index (χ0) is 36.6.